The molecular weight excluding hydrogens is 300 g/mol. The van der Waals surface area contributed by atoms with E-state index < -0.39 is 0 Å². The summed E-state index contributed by atoms with van der Waals surface area (Å²) in [5.41, 5.74) is 3.26. The monoisotopic (exact) mass is 326 g/mol. The van der Waals surface area contributed by atoms with Gasteiger partial charge in [0.2, 0.25) is 5.91 Å². The molecule has 0 aliphatic carbocycles. The summed E-state index contributed by atoms with van der Waals surface area (Å²) in [5.74, 6) is 0.812. The van der Waals surface area contributed by atoms with Crippen molar-refractivity contribution >= 4 is 11.6 Å². The van der Waals surface area contributed by atoms with Crippen LogP contribution in [-0.4, -0.2) is 18.6 Å². The van der Waals surface area contributed by atoms with Gasteiger partial charge in [0, 0.05) is 25.2 Å². The molecule has 0 atom stereocenters. The third-order valence-electron chi connectivity index (χ3n) is 3.49. The molecule has 2 N–H and O–H groups in total. The number of carbonyl (C=O) groups is 1. The van der Waals surface area contributed by atoms with Crippen LogP contribution < -0.4 is 15.4 Å². The predicted octanol–water partition coefficient (Wildman–Crippen LogP) is 3.90. The molecule has 0 spiro atoms. The summed E-state index contributed by atoms with van der Waals surface area (Å²) < 4.78 is 5.58. The summed E-state index contributed by atoms with van der Waals surface area (Å²) in [4.78, 5) is 11.9. The van der Waals surface area contributed by atoms with E-state index in [1.807, 2.05) is 38.1 Å². The molecule has 128 valence electrons. The Bertz CT molecular complexity index is 634. The molecule has 4 heteroatoms. The number of carbonyl (C=O) groups excluding carboxylic acids is 1. The molecule has 24 heavy (non-hydrogen) atoms. The van der Waals surface area contributed by atoms with Gasteiger partial charge in [0.25, 0.3) is 0 Å². The maximum Gasteiger partial charge on any atom is 0.225 e. The van der Waals surface area contributed by atoms with E-state index in [0.29, 0.717) is 13.0 Å². The minimum Gasteiger partial charge on any atom is -0.491 e. The molecule has 0 saturated heterocycles. The van der Waals surface area contributed by atoms with Gasteiger partial charge in [0.1, 0.15) is 5.75 Å². The van der Waals surface area contributed by atoms with Gasteiger partial charge >= 0.3 is 0 Å². The SMILES string of the molecule is Cc1ccc(CNCCC(=O)Nc2ccc(OC(C)C)cc2)cc1. The summed E-state index contributed by atoms with van der Waals surface area (Å²) in [6, 6.07) is 15.8. The molecule has 2 aromatic carbocycles. The van der Waals surface area contributed by atoms with Crippen LogP contribution >= 0.6 is 0 Å². The van der Waals surface area contributed by atoms with Crippen LogP contribution in [0.5, 0.6) is 5.75 Å². The number of anilines is 1. The van der Waals surface area contributed by atoms with Gasteiger partial charge in [-0.2, -0.15) is 0 Å². The lowest BCUT2D eigenvalue weighted by Gasteiger charge is -2.11. The third-order valence-corrected chi connectivity index (χ3v) is 3.49. The molecule has 0 saturated carbocycles. The van der Waals surface area contributed by atoms with Crippen molar-refractivity contribution in [3.05, 3.63) is 59.7 Å². The number of nitrogens with one attached hydrogen (secondary N) is 2. The second-order valence-electron chi connectivity index (χ2n) is 6.15. The quantitative estimate of drug-likeness (QED) is 0.723. The predicted molar refractivity (Wildman–Crippen MR) is 98.3 cm³/mol. The van der Waals surface area contributed by atoms with Crippen LogP contribution in [-0.2, 0) is 11.3 Å². The molecule has 0 bridgehead atoms. The van der Waals surface area contributed by atoms with Gasteiger partial charge in [-0.1, -0.05) is 29.8 Å². The van der Waals surface area contributed by atoms with Crippen molar-refractivity contribution in [3.63, 3.8) is 0 Å². The molecule has 0 radical (unpaired) electrons. The van der Waals surface area contributed by atoms with Crippen molar-refractivity contribution in [1.29, 1.82) is 0 Å². The van der Waals surface area contributed by atoms with Gasteiger partial charge in [0.05, 0.1) is 6.10 Å². The summed E-state index contributed by atoms with van der Waals surface area (Å²) in [7, 11) is 0. The van der Waals surface area contributed by atoms with Crippen LogP contribution in [0, 0.1) is 6.92 Å². The fraction of sp³-hybridized carbons (Fsp3) is 0.350. The van der Waals surface area contributed by atoms with Crippen molar-refractivity contribution in [2.24, 2.45) is 0 Å². The summed E-state index contributed by atoms with van der Waals surface area (Å²) in [5, 5.41) is 6.18. The zero-order chi connectivity index (χ0) is 17.4. The van der Waals surface area contributed by atoms with Crippen molar-refractivity contribution in [1.82, 2.24) is 5.32 Å². The molecule has 2 rings (SSSR count). The molecular formula is C20H26N2O2. The standard InChI is InChI=1S/C20H26N2O2/c1-15(2)24-19-10-8-18(9-11-19)22-20(23)12-13-21-14-17-6-4-16(3)5-7-17/h4-11,15,21H,12-14H2,1-3H3,(H,22,23). The molecule has 2 aromatic rings. The Labute approximate surface area is 144 Å². The Morgan fingerprint density at radius 3 is 2.33 bits per heavy atom. The molecule has 0 fully saturated rings. The average Bonchev–Trinajstić information content (AvgIpc) is 2.55. The van der Waals surface area contributed by atoms with E-state index in [9.17, 15) is 4.79 Å². The maximum atomic E-state index is 11.9. The largest absolute Gasteiger partial charge is 0.491 e. The summed E-state index contributed by atoms with van der Waals surface area (Å²) >= 11 is 0. The Hall–Kier alpha value is -2.33. The minimum atomic E-state index is 0.00364. The van der Waals surface area contributed by atoms with Gasteiger partial charge in [-0.3, -0.25) is 4.79 Å². The minimum absolute atomic E-state index is 0.00364. The van der Waals surface area contributed by atoms with Crippen molar-refractivity contribution in [3.8, 4) is 5.75 Å². The highest BCUT2D eigenvalue weighted by Crippen LogP contribution is 2.17. The van der Waals surface area contributed by atoms with Gasteiger partial charge < -0.3 is 15.4 Å². The number of hydrogen-bond acceptors (Lipinski definition) is 3. The average molecular weight is 326 g/mol. The fourth-order valence-corrected chi connectivity index (χ4v) is 2.25. The number of benzene rings is 2. The zero-order valence-corrected chi connectivity index (χ0v) is 14.6. The van der Waals surface area contributed by atoms with Crippen molar-refractivity contribution < 1.29 is 9.53 Å². The molecule has 0 aliphatic heterocycles. The lowest BCUT2D eigenvalue weighted by atomic mass is 10.1. The highest BCUT2D eigenvalue weighted by molar-refractivity contribution is 5.90. The summed E-state index contributed by atoms with van der Waals surface area (Å²) in [6.07, 6.45) is 0.584. The van der Waals surface area contributed by atoms with E-state index in [4.69, 9.17) is 4.74 Å². The number of rotatable bonds is 8. The molecule has 1 amide bonds. The lowest BCUT2D eigenvalue weighted by molar-refractivity contribution is -0.116. The summed E-state index contributed by atoms with van der Waals surface area (Å²) in [6.45, 7) is 7.46. The van der Waals surface area contributed by atoms with Crippen LogP contribution in [0.4, 0.5) is 5.69 Å². The van der Waals surface area contributed by atoms with Crippen LogP contribution in [0.1, 0.15) is 31.4 Å². The lowest BCUT2D eigenvalue weighted by Crippen LogP contribution is -2.21. The molecule has 0 heterocycles. The number of aryl methyl sites for hydroxylation is 1. The molecule has 4 nitrogen and oxygen atoms in total. The number of hydrogen-bond donors (Lipinski definition) is 2. The van der Waals surface area contributed by atoms with Crippen molar-refractivity contribution in [2.75, 3.05) is 11.9 Å². The Kier molecular flexibility index (Phi) is 6.82. The van der Waals surface area contributed by atoms with E-state index in [1.165, 1.54) is 11.1 Å². The third kappa shape index (κ3) is 6.42. The maximum absolute atomic E-state index is 11.9. The van der Waals surface area contributed by atoms with Crippen LogP contribution in [0.2, 0.25) is 0 Å². The number of amides is 1. The molecule has 0 aromatic heterocycles. The first kappa shape index (κ1) is 18.0. The van der Waals surface area contributed by atoms with E-state index in [-0.39, 0.29) is 12.0 Å². The van der Waals surface area contributed by atoms with E-state index >= 15 is 0 Å². The smallest absolute Gasteiger partial charge is 0.225 e. The highest BCUT2D eigenvalue weighted by atomic mass is 16.5. The molecule has 0 aliphatic rings. The van der Waals surface area contributed by atoms with Crippen LogP contribution in [0.3, 0.4) is 0 Å². The van der Waals surface area contributed by atoms with E-state index in [0.717, 1.165) is 18.0 Å². The first-order valence-corrected chi connectivity index (χ1v) is 8.36. The van der Waals surface area contributed by atoms with E-state index in [1.54, 1.807) is 0 Å². The van der Waals surface area contributed by atoms with Crippen molar-refractivity contribution in [2.45, 2.75) is 39.8 Å². The highest BCUT2D eigenvalue weighted by Gasteiger charge is 2.03. The van der Waals surface area contributed by atoms with Gasteiger partial charge in [0.15, 0.2) is 0 Å². The fourth-order valence-electron chi connectivity index (χ4n) is 2.25. The topological polar surface area (TPSA) is 50.4 Å². The van der Waals surface area contributed by atoms with Gasteiger partial charge in [-0.25, -0.2) is 0 Å². The van der Waals surface area contributed by atoms with Gasteiger partial charge in [-0.05, 0) is 50.6 Å². The van der Waals surface area contributed by atoms with Crippen LogP contribution in [0.25, 0.3) is 0 Å². The first-order chi connectivity index (χ1) is 11.5. The second-order valence-corrected chi connectivity index (χ2v) is 6.15. The Morgan fingerprint density at radius 2 is 1.71 bits per heavy atom. The first-order valence-electron chi connectivity index (χ1n) is 8.36. The van der Waals surface area contributed by atoms with Gasteiger partial charge in [-0.15, -0.1) is 0 Å². The second kappa shape index (κ2) is 9.08. The Morgan fingerprint density at radius 1 is 1.04 bits per heavy atom. The normalized spacial score (nSPS) is 10.7. The number of ether oxygens (including phenoxy) is 1. The Balaban J connectivity index is 1.68. The van der Waals surface area contributed by atoms with E-state index in [2.05, 4.69) is 41.8 Å². The zero-order valence-electron chi connectivity index (χ0n) is 14.6. The van der Waals surface area contributed by atoms with Crippen LogP contribution in [0.15, 0.2) is 48.5 Å². The molecule has 0 unspecified atom stereocenters.